The van der Waals surface area contributed by atoms with Crippen molar-refractivity contribution in [2.24, 2.45) is 0 Å². The number of aromatic nitrogens is 3. The number of hydrogen-bond donors (Lipinski definition) is 2. The van der Waals surface area contributed by atoms with E-state index in [-0.39, 0.29) is 28.6 Å². The molecule has 0 aliphatic rings. The van der Waals surface area contributed by atoms with Crippen molar-refractivity contribution in [2.75, 3.05) is 18.2 Å². The molecule has 112 valence electrons. The summed E-state index contributed by atoms with van der Waals surface area (Å²) in [6.07, 6.45) is -4.47. The number of nitrogens with one attached hydrogen (secondary N) is 1. The van der Waals surface area contributed by atoms with Gasteiger partial charge in [-0.2, -0.15) is 28.1 Å². The Bertz CT molecular complexity index is 665. The zero-order chi connectivity index (χ0) is 15.6. The maximum absolute atomic E-state index is 12.5. The van der Waals surface area contributed by atoms with Crippen LogP contribution in [0.15, 0.2) is 18.2 Å². The van der Waals surface area contributed by atoms with Crippen LogP contribution in [0.2, 0.25) is 5.02 Å². The minimum absolute atomic E-state index is 0.000934. The number of rotatable bonds is 3. The molecule has 1 aromatic heterocycles. The fourth-order valence-electron chi connectivity index (χ4n) is 1.43. The first-order valence-corrected chi connectivity index (χ1v) is 5.86. The van der Waals surface area contributed by atoms with E-state index in [1.807, 2.05) is 0 Å². The molecule has 1 aromatic carbocycles. The Labute approximate surface area is 122 Å². The summed E-state index contributed by atoms with van der Waals surface area (Å²) in [6, 6.07) is 2.81. The lowest BCUT2D eigenvalue weighted by Crippen LogP contribution is -2.07. The zero-order valence-corrected chi connectivity index (χ0v) is 11.3. The highest BCUT2D eigenvalue weighted by molar-refractivity contribution is 6.33. The third-order valence-electron chi connectivity index (χ3n) is 2.36. The molecule has 2 rings (SSSR count). The Balaban J connectivity index is 2.30. The average molecular weight is 320 g/mol. The molecule has 0 radical (unpaired) electrons. The van der Waals surface area contributed by atoms with Gasteiger partial charge in [0.2, 0.25) is 11.9 Å². The van der Waals surface area contributed by atoms with Crippen LogP contribution in [0.3, 0.4) is 0 Å². The van der Waals surface area contributed by atoms with Gasteiger partial charge in [0.05, 0.1) is 23.4 Å². The Morgan fingerprint density at radius 2 is 1.95 bits per heavy atom. The second kappa shape index (κ2) is 5.60. The fourth-order valence-corrected chi connectivity index (χ4v) is 1.66. The van der Waals surface area contributed by atoms with Crippen LogP contribution in [0, 0.1) is 0 Å². The monoisotopic (exact) mass is 319 g/mol. The zero-order valence-electron chi connectivity index (χ0n) is 10.6. The van der Waals surface area contributed by atoms with Crippen LogP contribution >= 0.6 is 11.6 Å². The molecule has 0 aliphatic heterocycles. The molecular formula is C11H9ClF3N5O. The fraction of sp³-hybridized carbons (Fsp3) is 0.182. The van der Waals surface area contributed by atoms with Crippen LogP contribution in [-0.2, 0) is 6.18 Å². The van der Waals surface area contributed by atoms with Crippen LogP contribution in [0.25, 0.3) is 0 Å². The molecule has 0 atom stereocenters. The van der Waals surface area contributed by atoms with Gasteiger partial charge in [0.15, 0.2) is 0 Å². The van der Waals surface area contributed by atoms with Crippen molar-refractivity contribution in [3.05, 3.63) is 28.8 Å². The van der Waals surface area contributed by atoms with E-state index in [0.29, 0.717) is 0 Å². The number of benzene rings is 1. The molecule has 0 aliphatic carbocycles. The summed E-state index contributed by atoms with van der Waals surface area (Å²) in [5.41, 5.74) is 4.78. The van der Waals surface area contributed by atoms with E-state index < -0.39 is 11.7 Å². The average Bonchev–Trinajstić information content (AvgIpc) is 2.39. The predicted molar refractivity (Wildman–Crippen MR) is 70.5 cm³/mol. The maximum atomic E-state index is 12.5. The topological polar surface area (TPSA) is 86.0 Å². The van der Waals surface area contributed by atoms with Gasteiger partial charge in [0.25, 0.3) is 0 Å². The van der Waals surface area contributed by atoms with E-state index in [4.69, 9.17) is 22.1 Å². The first-order chi connectivity index (χ1) is 9.79. The first-order valence-electron chi connectivity index (χ1n) is 5.49. The van der Waals surface area contributed by atoms with Gasteiger partial charge in [-0.15, -0.1) is 0 Å². The predicted octanol–water partition coefficient (Wildman–Crippen LogP) is 2.88. The molecule has 21 heavy (non-hydrogen) atoms. The summed E-state index contributed by atoms with van der Waals surface area (Å²) in [7, 11) is 1.34. The second-order valence-electron chi connectivity index (χ2n) is 3.82. The van der Waals surface area contributed by atoms with Crippen molar-refractivity contribution < 1.29 is 17.9 Å². The largest absolute Gasteiger partial charge is 0.467 e. The van der Waals surface area contributed by atoms with Crippen LogP contribution in [0.1, 0.15) is 5.56 Å². The Hall–Kier alpha value is -2.29. The third kappa shape index (κ3) is 3.63. The standard InChI is InChI=1S/C11H9ClF3N5O/c1-21-10-19-8(16)18-9(20-10)17-7-3-2-5(4-6(7)12)11(13,14)15/h2-4H,1H3,(H3,16,17,18,19,20). The van der Waals surface area contributed by atoms with Gasteiger partial charge < -0.3 is 15.8 Å². The van der Waals surface area contributed by atoms with Crippen molar-refractivity contribution in [2.45, 2.75) is 6.18 Å². The summed E-state index contributed by atoms with van der Waals surface area (Å²) in [4.78, 5) is 11.3. The van der Waals surface area contributed by atoms with Crippen molar-refractivity contribution >= 4 is 29.2 Å². The van der Waals surface area contributed by atoms with Gasteiger partial charge in [-0.05, 0) is 18.2 Å². The van der Waals surface area contributed by atoms with Crippen LogP contribution in [0.4, 0.5) is 30.8 Å². The van der Waals surface area contributed by atoms with E-state index in [0.717, 1.165) is 18.2 Å². The normalized spacial score (nSPS) is 11.3. The van der Waals surface area contributed by atoms with Gasteiger partial charge in [-0.1, -0.05) is 11.6 Å². The lowest BCUT2D eigenvalue weighted by atomic mass is 10.2. The van der Waals surface area contributed by atoms with Gasteiger partial charge in [0, 0.05) is 0 Å². The molecule has 0 bridgehead atoms. The molecule has 2 aromatic rings. The van der Waals surface area contributed by atoms with Crippen molar-refractivity contribution in [1.29, 1.82) is 0 Å². The molecule has 0 amide bonds. The summed E-state index contributed by atoms with van der Waals surface area (Å²) in [6.45, 7) is 0. The summed E-state index contributed by atoms with van der Waals surface area (Å²) < 4.78 is 42.4. The number of nitrogens with zero attached hydrogens (tertiary/aromatic N) is 3. The molecule has 0 saturated carbocycles. The summed E-state index contributed by atoms with van der Waals surface area (Å²) in [5.74, 6) is -0.103. The Kier molecular flexibility index (Phi) is 4.03. The number of nitrogen functional groups attached to an aromatic ring is 1. The Morgan fingerprint density at radius 3 is 2.52 bits per heavy atom. The van der Waals surface area contributed by atoms with E-state index >= 15 is 0 Å². The molecule has 3 N–H and O–H groups in total. The van der Waals surface area contributed by atoms with E-state index in [1.165, 1.54) is 7.11 Å². The minimum atomic E-state index is -4.47. The SMILES string of the molecule is COc1nc(N)nc(Nc2ccc(C(F)(F)F)cc2Cl)n1. The van der Waals surface area contributed by atoms with Gasteiger partial charge in [-0.3, -0.25) is 0 Å². The number of nitrogens with two attached hydrogens (primary N) is 1. The van der Waals surface area contributed by atoms with Crippen LogP contribution < -0.4 is 15.8 Å². The number of alkyl halides is 3. The highest BCUT2D eigenvalue weighted by Gasteiger charge is 2.30. The second-order valence-corrected chi connectivity index (χ2v) is 4.23. The molecule has 10 heteroatoms. The van der Waals surface area contributed by atoms with Gasteiger partial charge >= 0.3 is 12.2 Å². The summed E-state index contributed by atoms with van der Waals surface area (Å²) in [5, 5.41) is 2.51. The highest BCUT2D eigenvalue weighted by atomic mass is 35.5. The highest BCUT2D eigenvalue weighted by Crippen LogP contribution is 2.34. The lowest BCUT2D eigenvalue weighted by Gasteiger charge is -2.11. The quantitative estimate of drug-likeness (QED) is 0.904. The maximum Gasteiger partial charge on any atom is 0.416 e. The number of methoxy groups -OCH3 is 1. The number of halogens is 4. The molecular weight excluding hydrogens is 311 g/mol. The Morgan fingerprint density at radius 1 is 1.24 bits per heavy atom. The van der Waals surface area contributed by atoms with Crippen molar-refractivity contribution in [3.8, 4) is 6.01 Å². The third-order valence-corrected chi connectivity index (χ3v) is 2.67. The number of ether oxygens (including phenoxy) is 1. The minimum Gasteiger partial charge on any atom is -0.467 e. The van der Waals surface area contributed by atoms with Gasteiger partial charge in [-0.25, -0.2) is 0 Å². The van der Waals surface area contributed by atoms with Gasteiger partial charge in [0.1, 0.15) is 0 Å². The molecule has 0 unspecified atom stereocenters. The molecule has 6 nitrogen and oxygen atoms in total. The van der Waals surface area contributed by atoms with Crippen molar-refractivity contribution in [3.63, 3.8) is 0 Å². The van der Waals surface area contributed by atoms with E-state index in [2.05, 4.69) is 20.3 Å². The number of hydrogen-bond acceptors (Lipinski definition) is 6. The van der Waals surface area contributed by atoms with Crippen LogP contribution in [-0.4, -0.2) is 22.1 Å². The van der Waals surface area contributed by atoms with Crippen LogP contribution in [0.5, 0.6) is 6.01 Å². The molecule has 0 spiro atoms. The molecule has 0 saturated heterocycles. The first kappa shape index (κ1) is 15.1. The number of anilines is 3. The molecule has 1 heterocycles. The van der Waals surface area contributed by atoms with Crippen molar-refractivity contribution in [1.82, 2.24) is 15.0 Å². The van der Waals surface area contributed by atoms with E-state index in [1.54, 1.807) is 0 Å². The molecule has 0 fully saturated rings. The van der Waals surface area contributed by atoms with E-state index in [9.17, 15) is 13.2 Å². The smallest absolute Gasteiger partial charge is 0.416 e. The lowest BCUT2D eigenvalue weighted by molar-refractivity contribution is -0.137. The summed E-state index contributed by atoms with van der Waals surface area (Å²) >= 11 is 5.80.